The molecule has 2 heterocycles. The molecular weight excluding hydrogens is 299 g/mol. The predicted octanol–water partition coefficient (Wildman–Crippen LogP) is 3.24. The lowest BCUT2D eigenvalue weighted by atomic mass is 10.1. The fourth-order valence-electron chi connectivity index (χ4n) is 2.34. The van der Waals surface area contributed by atoms with Crippen molar-refractivity contribution in [2.75, 3.05) is 31.1 Å². The average molecular weight is 313 g/mol. The van der Waals surface area contributed by atoms with Crippen LogP contribution in [-0.4, -0.2) is 31.2 Å². The molecule has 0 radical (unpaired) electrons. The second-order valence-corrected chi connectivity index (χ2v) is 5.63. The van der Waals surface area contributed by atoms with Crippen molar-refractivity contribution in [3.8, 4) is 11.3 Å². The van der Waals surface area contributed by atoms with Crippen LogP contribution in [0.1, 0.15) is 5.56 Å². The normalized spacial score (nSPS) is 16.2. The molecule has 0 unspecified atom stereocenters. The minimum Gasteiger partial charge on any atom is -0.346 e. The zero-order valence-corrected chi connectivity index (χ0v) is 12.0. The van der Waals surface area contributed by atoms with Gasteiger partial charge in [-0.1, -0.05) is 18.2 Å². The zero-order chi connectivity index (χ0) is 14.9. The molecule has 1 N–H and O–H groups in total. The Morgan fingerprint density at radius 3 is 2.57 bits per heavy atom. The van der Waals surface area contributed by atoms with Crippen LogP contribution in [-0.2, 0) is 6.18 Å². The van der Waals surface area contributed by atoms with Crippen molar-refractivity contribution in [2.45, 2.75) is 6.18 Å². The van der Waals surface area contributed by atoms with E-state index in [9.17, 15) is 13.2 Å². The maximum absolute atomic E-state index is 13.1. The second kappa shape index (κ2) is 5.65. The van der Waals surface area contributed by atoms with E-state index in [1.54, 1.807) is 11.4 Å². The highest BCUT2D eigenvalue weighted by atomic mass is 32.1. The molecule has 3 nitrogen and oxygen atoms in total. The van der Waals surface area contributed by atoms with Crippen molar-refractivity contribution >= 4 is 16.5 Å². The third kappa shape index (κ3) is 3.03. The Kier molecular flexibility index (Phi) is 3.86. The number of thiazole rings is 1. The Hall–Kier alpha value is -1.60. The van der Waals surface area contributed by atoms with Crippen LogP contribution in [0.5, 0.6) is 0 Å². The highest BCUT2D eigenvalue weighted by molar-refractivity contribution is 7.14. The van der Waals surface area contributed by atoms with Crippen molar-refractivity contribution in [3.05, 3.63) is 35.2 Å². The summed E-state index contributed by atoms with van der Waals surface area (Å²) in [6, 6.07) is 5.57. The molecule has 0 saturated carbocycles. The summed E-state index contributed by atoms with van der Waals surface area (Å²) in [5.74, 6) is 0. The zero-order valence-electron chi connectivity index (χ0n) is 11.2. The Morgan fingerprint density at radius 2 is 1.86 bits per heavy atom. The minimum absolute atomic E-state index is 0.141. The molecule has 2 aromatic rings. The molecule has 0 bridgehead atoms. The number of nitrogens with one attached hydrogen (secondary N) is 1. The number of hydrogen-bond donors (Lipinski definition) is 1. The highest BCUT2D eigenvalue weighted by Gasteiger charge is 2.34. The number of rotatable bonds is 2. The fraction of sp³-hybridized carbons (Fsp3) is 0.357. The van der Waals surface area contributed by atoms with Gasteiger partial charge in [0.2, 0.25) is 0 Å². The van der Waals surface area contributed by atoms with Gasteiger partial charge in [0.25, 0.3) is 0 Å². The third-order valence-corrected chi connectivity index (χ3v) is 4.29. The SMILES string of the molecule is FC(F)(F)c1ccccc1-c1csc(N2CCNCC2)n1. The molecule has 0 amide bonds. The van der Waals surface area contributed by atoms with Crippen molar-refractivity contribution in [1.82, 2.24) is 10.3 Å². The lowest BCUT2D eigenvalue weighted by Crippen LogP contribution is -2.43. The monoisotopic (exact) mass is 313 g/mol. The van der Waals surface area contributed by atoms with Gasteiger partial charge in [0, 0.05) is 37.1 Å². The number of hydrogen-bond acceptors (Lipinski definition) is 4. The molecule has 1 fully saturated rings. The number of nitrogens with zero attached hydrogens (tertiary/aromatic N) is 2. The lowest BCUT2D eigenvalue weighted by molar-refractivity contribution is -0.137. The van der Waals surface area contributed by atoms with E-state index in [0.717, 1.165) is 37.4 Å². The number of piperazine rings is 1. The van der Waals surface area contributed by atoms with Gasteiger partial charge in [0.05, 0.1) is 11.3 Å². The Labute approximate surface area is 124 Å². The number of alkyl halides is 3. The van der Waals surface area contributed by atoms with Crippen LogP contribution in [0.4, 0.5) is 18.3 Å². The topological polar surface area (TPSA) is 28.2 Å². The minimum atomic E-state index is -4.37. The van der Waals surface area contributed by atoms with Crippen LogP contribution >= 0.6 is 11.3 Å². The molecule has 0 aliphatic carbocycles. The van der Waals surface area contributed by atoms with Gasteiger partial charge in [-0.15, -0.1) is 11.3 Å². The molecule has 1 aliphatic heterocycles. The molecule has 3 rings (SSSR count). The average Bonchev–Trinajstić information content (AvgIpc) is 2.97. The first-order valence-electron chi connectivity index (χ1n) is 6.63. The van der Waals surface area contributed by atoms with E-state index in [4.69, 9.17) is 0 Å². The smallest absolute Gasteiger partial charge is 0.346 e. The molecule has 1 aromatic heterocycles. The first kappa shape index (κ1) is 14.3. The maximum Gasteiger partial charge on any atom is 0.417 e. The van der Waals surface area contributed by atoms with Crippen LogP contribution in [0.25, 0.3) is 11.3 Å². The molecule has 1 aromatic carbocycles. The summed E-state index contributed by atoms with van der Waals surface area (Å²) in [6.45, 7) is 3.39. The Bertz CT molecular complexity index is 618. The maximum atomic E-state index is 13.1. The van der Waals surface area contributed by atoms with Gasteiger partial charge in [0.1, 0.15) is 0 Å². The summed E-state index contributed by atoms with van der Waals surface area (Å²) in [4.78, 5) is 6.49. The van der Waals surface area contributed by atoms with Crippen molar-refractivity contribution in [1.29, 1.82) is 0 Å². The van der Waals surface area contributed by atoms with E-state index in [1.165, 1.54) is 23.5 Å². The number of benzene rings is 1. The van der Waals surface area contributed by atoms with Crippen LogP contribution in [0.15, 0.2) is 29.6 Å². The quantitative estimate of drug-likeness (QED) is 0.922. The number of anilines is 1. The van der Waals surface area contributed by atoms with E-state index in [0.29, 0.717) is 5.69 Å². The fourth-order valence-corrected chi connectivity index (χ4v) is 3.22. The van der Waals surface area contributed by atoms with Gasteiger partial charge >= 0.3 is 6.18 Å². The van der Waals surface area contributed by atoms with Crippen LogP contribution < -0.4 is 10.2 Å². The van der Waals surface area contributed by atoms with E-state index in [-0.39, 0.29) is 5.56 Å². The Balaban J connectivity index is 1.93. The predicted molar refractivity (Wildman–Crippen MR) is 77.6 cm³/mol. The highest BCUT2D eigenvalue weighted by Crippen LogP contribution is 2.38. The summed E-state index contributed by atoms with van der Waals surface area (Å²) >= 11 is 1.39. The van der Waals surface area contributed by atoms with Gasteiger partial charge in [-0.2, -0.15) is 13.2 Å². The van der Waals surface area contributed by atoms with E-state index in [2.05, 4.69) is 15.2 Å². The summed E-state index contributed by atoms with van der Waals surface area (Å²) in [5.41, 5.74) is -0.105. The van der Waals surface area contributed by atoms with Gasteiger partial charge in [-0.05, 0) is 6.07 Å². The molecule has 1 aliphatic rings. The first-order chi connectivity index (χ1) is 10.1. The van der Waals surface area contributed by atoms with Gasteiger partial charge < -0.3 is 10.2 Å². The molecule has 7 heteroatoms. The second-order valence-electron chi connectivity index (χ2n) is 4.80. The third-order valence-electron chi connectivity index (χ3n) is 3.39. The first-order valence-corrected chi connectivity index (χ1v) is 7.51. The number of halogens is 3. The molecule has 112 valence electrons. The van der Waals surface area contributed by atoms with Crippen molar-refractivity contribution in [3.63, 3.8) is 0 Å². The van der Waals surface area contributed by atoms with Crippen LogP contribution in [0.2, 0.25) is 0 Å². The summed E-state index contributed by atoms with van der Waals surface area (Å²) in [7, 11) is 0. The standard InChI is InChI=1S/C14H14F3N3S/c15-14(16,17)11-4-2-1-3-10(11)12-9-21-13(19-12)20-7-5-18-6-8-20/h1-4,9,18H,5-8H2. The summed E-state index contributed by atoms with van der Waals surface area (Å²) in [6.07, 6.45) is -4.37. The number of aromatic nitrogens is 1. The van der Waals surface area contributed by atoms with Gasteiger partial charge in [-0.3, -0.25) is 0 Å². The van der Waals surface area contributed by atoms with Crippen molar-refractivity contribution < 1.29 is 13.2 Å². The summed E-state index contributed by atoms with van der Waals surface area (Å²) < 4.78 is 39.2. The largest absolute Gasteiger partial charge is 0.417 e. The lowest BCUT2D eigenvalue weighted by Gasteiger charge is -2.26. The van der Waals surface area contributed by atoms with Gasteiger partial charge in [0.15, 0.2) is 5.13 Å². The molecule has 0 atom stereocenters. The van der Waals surface area contributed by atoms with E-state index >= 15 is 0 Å². The Morgan fingerprint density at radius 1 is 1.14 bits per heavy atom. The van der Waals surface area contributed by atoms with E-state index < -0.39 is 11.7 Å². The molecule has 0 spiro atoms. The van der Waals surface area contributed by atoms with Gasteiger partial charge in [-0.25, -0.2) is 4.98 Å². The van der Waals surface area contributed by atoms with Crippen molar-refractivity contribution in [2.24, 2.45) is 0 Å². The molecule has 1 saturated heterocycles. The molecule has 21 heavy (non-hydrogen) atoms. The molecular formula is C14H14F3N3S. The van der Waals surface area contributed by atoms with E-state index in [1.807, 2.05) is 0 Å². The summed E-state index contributed by atoms with van der Waals surface area (Å²) in [5, 5.41) is 5.72. The van der Waals surface area contributed by atoms with Crippen LogP contribution in [0, 0.1) is 0 Å². The van der Waals surface area contributed by atoms with Crippen LogP contribution in [0.3, 0.4) is 0 Å².